The van der Waals surface area contributed by atoms with E-state index in [1.165, 1.54) is 25.7 Å². The second kappa shape index (κ2) is 4.92. The lowest BCUT2D eigenvalue weighted by atomic mass is 9.91. The molecule has 0 bridgehead atoms. The van der Waals surface area contributed by atoms with Crippen LogP contribution in [0.4, 0.5) is 0 Å². The number of likely N-dealkylation sites (tertiary alicyclic amines) is 1. The second-order valence-electron chi connectivity index (χ2n) is 6.51. The normalized spacial score (nSPS) is 30.1. The summed E-state index contributed by atoms with van der Waals surface area (Å²) in [6.07, 6.45) is 8.26. The Morgan fingerprint density at radius 2 is 2.10 bits per heavy atom. The fourth-order valence-electron chi connectivity index (χ4n) is 4.03. The molecule has 1 aromatic rings. The molecule has 2 atom stereocenters. The zero-order chi connectivity index (χ0) is 13.5. The van der Waals surface area contributed by atoms with Crippen molar-refractivity contribution in [3.8, 4) is 0 Å². The molecule has 4 heteroatoms. The van der Waals surface area contributed by atoms with Gasteiger partial charge in [0.1, 0.15) is 5.69 Å². The van der Waals surface area contributed by atoms with Crippen molar-refractivity contribution in [2.24, 2.45) is 5.92 Å². The van der Waals surface area contributed by atoms with Crippen LogP contribution in [0.3, 0.4) is 0 Å². The average molecular weight is 273 g/mol. The maximum Gasteiger partial charge on any atom is 0.270 e. The Bertz CT molecular complexity index is 506. The van der Waals surface area contributed by atoms with Gasteiger partial charge in [0, 0.05) is 37.9 Å². The molecule has 2 unspecified atom stereocenters. The minimum absolute atomic E-state index is 0.250. The third kappa shape index (κ3) is 1.89. The molecule has 2 saturated heterocycles. The molecule has 0 aromatic carbocycles. The Labute approximate surface area is 120 Å². The molecule has 1 aliphatic carbocycles. The highest BCUT2D eigenvalue weighted by molar-refractivity contribution is 5.93. The molecule has 1 amide bonds. The number of nitrogens with one attached hydrogen (secondary N) is 1. The van der Waals surface area contributed by atoms with Crippen LogP contribution in [0.5, 0.6) is 0 Å². The van der Waals surface area contributed by atoms with E-state index in [0.29, 0.717) is 18.0 Å². The molecule has 0 radical (unpaired) electrons. The number of carbonyl (C=O) groups excluding carboxylic acids is 1. The van der Waals surface area contributed by atoms with Crippen molar-refractivity contribution in [1.29, 1.82) is 0 Å². The van der Waals surface area contributed by atoms with Crippen LogP contribution in [0.2, 0.25) is 0 Å². The molecule has 2 aliphatic heterocycles. The molecule has 4 nitrogen and oxygen atoms in total. The van der Waals surface area contributed by atoms with Crippen molar-refractivity contribution < 1.29 is 4.79 Å². The van der Waals surface area contributed by atoms with E-state index >= 15 is 0 Å². The van der Waals surface area contributed by atoms with Crippen molar-refractivity contribution in [3.63, 3.8) is 0 Å². The van der Waals surface area contributed by atoms with Gasteiger partial charge in [-0.2, -0.15) is 0 Å². The number of hydrogen-bond acceptors (Lipinski definition) is 2. The molecule has 3 aliphatic rings. The summed E-state index contributed by atoms with van der Waals surface area (Å²) in [5.74, 6) is 0.917. The van der Waals surface area contributed by atoms with Gasteiger partial charge in [0.2, 0.25) is 0 Å². The number of hydrogen-bond donors (Lipinski definition) is 1. The van der Waals surface area contributed by atoms with Gasteiger partial charge in [0.25, 0.3) is 5.91 Å². The molecule has 1 saturated carbocycles. The first-order chi connectivity index (χ1) is 9.84. The summed E-state index contributed by atoms with van der Waals surface area (Å²) in [5.41, 5.74) is 0.905. The third-order valence-corrected chi connectivity index (χ3v) is 5.41. The number of aromatic nitrogens is 1. The molecule has 0 spiro atoms. The summed E-state index contributed by atoms with van der Waals surface area (Å²) >= 11 is 0. The van der Waals surface area contributed by atoms with Gasteiger partial charge in [-0.3, -0.25) is 4.79 Å². The lowest BCUT2D eigenvalue weighted by molar-refractivity contribution is 0.0558. The highest BCUT2D eigenvalue weighted by atomic mass is 16.2. The van der Waals surface area contributed by atoms with Crippen molar-refractivity contribution in [2.45, 2.75) is 44.2 Å². The summed E-state index contributed by atoms with van der Waals surface area (Å²) in [5, 5.41) is 3.45. The first-order valence-corrected chi connectivity index (χ1v) is 8.03. The summed E-state index contributed by atoms with van der Waals surface area (Å²) < 4.78 is 2.22. The maximum atomic E-state index is 12.9. The number of nitrogens with zero attached hydrogens (tertiary/aromatic N) is 2. The monoisotopic (exact) mass is 273 g/mol. The topological polar surface area (TPSA) is 37.3 Å². The van der Waals surface area contributed by atoms with Gasteiger partial charge in [-0.05, 0) is 50.2 Å². The average Bonchev–Trinajstić information content (AvgIpc) is 3.03. The van der Waals surface area contributed by atoms with Crippen LogP contribution in [0.15, 0.2) is 18.3 Å². The van der Waals surface area contributed by atoms with E-state index in [-0.39, 0.29) is 5.91 Å². The Balaban J connectivity index is 1.58. The SMILES string of the molecule is O=C(c1cccn1C1CCC1)N1CCCC2CNCC21. The highest BCUT2D eigenvalue weighted by Gasteiger charge is 2.38. The lowest BCUT2D eigenvalue weighted by Crippen LogP contribution is -2.49. The number of carbonyl (C=O) groups is 1. The van der Waals surface area contributed by atoms with E-state index in [9.17, 15) is 4.79 Å². The zero-order valence-corrected chi connectivity index (χ0v) is 11.9. The molecule has 20 heavy (non-hydrogen) atoms. The van der Waals surface area contributed by atoms with Crippen LogP contribution in [0.25, 0.3) is 0 Å². The summed E-state index contributed by atoms with van der Waals surface area (Å²) in [4.78, 5) is 15.1. The number of fused-ring (bicyclic) bond motifs is 1. The van der Waals surface area contributed by atoms with Crippen LogP contribution in [0.1, 0.15) is 48.6 Å². The van der Waals surface area contributed by atoms with Gasteiger partial charge < -0.3 is 14.8 Å². The van der Waals surface area contributed by atoms with Crippen molar-refractivity contribution in [1.82, 2.24) is 14.8 Å². The Morgan fingerprint density at radius 1 is 1.20 bits per heavy atom. The molecule has 108 valence electrons. The van der Waals surface area contributed by atoms with Gasteiger partial charge in [0.15, 0.2) is 0 Å². The Morgan fingerprint density at radius 3 is 2.90 bits per heavy atom. The van der Waals surface area contributed by atoms with Crippen molar-refractivity contribution in [3.05, 3.63) is 24.0 Å². The van der Waals surface area contributed by atoms with E-state index in [4.69, 9.17) is 0 Å². The van der Waals surface area contributed by atoms with E-state index in [0.717, 1.165) is 31.7 Å². The molecule has 4 rings (SSSR count). The number of rotatable bonds is 2. The van der Waals surface area contributed by atoms with Gasteiger partial charge >= 0.3 is 0 Å². The van der Waals surface area contributed by atoms with Gasteiger partial charge in [0.05, 0.1) is 0 Å². The fourth-order valence-corrected chi connectivity index (χ4v) is 4.03. The van der Waals surface area contributed by atoms with Gasteiger partial charge in [-0.1, -0.05) is 0 Å². The van der Waals surface area contributed by atoms with Crippen LogP contribution in [-0.4, -0.2) is 41.1 Å². The van der Waals surface area contributed by atoms with E-state index in [2.05, 4.69) is 21.0 Å². The predicted octanol–water partition coefficient (Wildman–Crippen LogP) is 2.04. The van der Waals surface area contributed by atoms with Crippen molar-refractivity contribution >= 4 is 5.91 Å². The first kappa shape index (κ1) is 12.5. The Kier molecular flexibility index (Phi) is 3.06. The van der Waals surface area contributed by atoms with Crippen LogP contribution >= 0.6 is 0 Å². The molecular weight excluding hydrogens is 250 g/mol. The van der Waals surface area contributed by atoms with Gasteiger partial charge in [-0.15, -0.1) is 0 Å². The molecular formula is C16H23N3O. The molecule has 1 aromatic heterocycles. The maximum absolute atomic E-state index is 12.9. The fraction of sp³-hybridized carbons (Fsp3) is 0.688. The van der Waals surface area contributed by atoms with Crippen LogP contribution < -0.4 is 5.32 Å². The summed E-state index contributed by atoms with van der Waals surface area (Å²) in [6.45, 7) is 2.98. The third-order valence-electron chi connectivity index (χ3n) is 5.41. The van der Waals surface area contributed by atoms with E-state index in [1.54, 1.807) is 0 Å². The number of amides is 1. The minimum atomic E-state index is 0.250. The van der Waals surface area contributed by atoms with E-state index in [1.807, 2.05) is 12.1 Å². The lowest BCUT2D eigenvalue weighted by Gasteiger charge is -2.38. The summed E-state index contributed by atoms with van der Waals surface area (Å²) in [6, 6.07) is 5.01. The van der Waals surface area contributed by atoms with Gasteiger partial charge in [-0.25, -0.2) is 0 Å². The van der Waals surface area contributed by atoms with Crippen LogP contribution in [-0.2, 0) is 0 Å². The zero-order valence-electron chi connectivity index (χ0n) is 11.9. The summed E-state index contributed by atoms with van der Waals surface area (Å²) in [7, 11) is 0. The minimum Gasteiger partial charge on any atom is -0.340 e. The number of piperidine rings is 1. The van der Waals surface area contributed by atoms with Crippen molar-refractivity contribution in [2.75, 3.05) is 19.6 Å². The van der Waals surface area contributed by atoms with Crippen LogP contribution in [0, 0.1) is 5.92 Å². The second-order valence-corrected chi connectivity index (χ2v) is 6.51. The predicted molar refractivity (Wildman–Crippen MR) is 77.7 cm³/mol. The first-order valence-electron chi connectivity index (χ1n) is 8.03. The largest absolute Gasteiger partial charge is 0.340 e. The molecule has 3 fully saturated rings. The standard InChI is InChI=1S/C16H23N3O/c20-16(14-7-3-8-18(14)13-5-1-6-13)19-9-2-4-12-10-17-11-15(12)19/h3,7-8,12-13,15,17H,1-2,4-6,9-11H2. The quantitative estimate of drug-likeness (QED) is 0.895. The highest BCUT2D eigenvalue weighted by Crippen LogP contribution is 2.34. The Hall–Kier alpha value is -1.29. The smallest absolute Gasteiger partial charge is 0.270 e. The van der Waals surface area contributed by atoms with E-state index < -0.39 is 0 Å². The molecule has 1 N–H and O–H groups in total. The molecule has 3 heterocycles.